The van der Waals surface area contributed by atoms with Gasteiger partial charge in [0.15, 0.2) is 0 Å². The van der Waals surface area contributed by atoms with Gasteiger partial charge in [-0.2, -0.15) is 0 Å². The van der Waals surface area contributed by atoms with E-state index in [1.807, 2.05) is 6.07 Å². The lowest BCUT2D eigenvalue weighted by molar-refractivity contribution is -0.160. The molecular formula is C14H14O5. The van der Waals surface area contributed by atoms with Crippen LogP contribution in [0.2, 0.25) is 0 Å². The molecule has 0 saturated carbocycles. The Morgan fingerprint density at radius 3 is 2.11 bits per heavy atom. The summed E-state index contributed by atoms with van der Waals surface area (Å²) in [7, 11) is 0. The van der Waals surface area contributed by atoms with Crippen LogP contribution in [0.5, 0.6) is 0 Å². The zero-order chi connectivity index (χ0) is 14.3. The Labute approximate surface area is 110 Å². The van der Waals surface area contributed by atoms with E-state index in [2.05, 4.69) is 4.74 Å². The molecule has 0 unspecified atom stereocenters. The molecule has 0 heterocycles. The van der Waals surface area contributed by atoms with Crippen LogP contribution < -0.4 is 0 Å². The molecular weight excluding hydrogens is 248 g/mol. The zero-order valence-corrected chi connectivity index (χ0v) is 10.5. The lowest BCUT2D eigenvalue weighted by atomic mass is 10.1. The molecule has 0 amide bonds. The largest absolute Gasteiger partial charge is 0.392 e. The summed E-state index contributed by atoms with van der Waals surface area (Å²) in [5, 5.41) is 0. The first-order valence-electron chi connectivity index (χ1n) is 5.76. The average Bonchev–Trinajstić information content (AvgIpc) is 2.28. The molecule has 0 fully saturated rings. The second kappa shape index (κ2) is 7.20. The third kappa shape index (κ3) is 6.26. The highest BCUT2D eigenvalue weighted by atomic mass is 16.6. The summed E-state index contributed by atoms with van der Waals surface area (Å²) in [6.45, 7) is 1.21. The molecule has 1 rings (SSSR count). The highest BCUT2D eigenvalue weighted by Crippen LogP contribution is 2.03. The van der Waals surface area contributed by atoms with Crippen LogP contribution in [0.25, 0.3) is 0 Å². The van der Waals surface area contributed by atoms with Gasteiger partial charge in [0.05, 0.1) is 0 Å². The van der Waals surface area contributed by atoms with Crippen molar-refractivity contribution >= 4 is 23.5 Å². The van der Waals surface area contributed by atoms with Crippen molar-refractivity contribution in [2.75, 3.05) is 0 Å². The van der Waals surface area contributed by atoms with Gasteiger partial charge in [-0.1, -0.05) is 30.3 Å². The molecule has 0 N–H and O–H groups in total. The van der Waals surface area contributed by atoms with Crippen molar-refractivity contribution < 1.29 is 23.9 Å². The molecule has 0 aliphatic heterocycles. The summed E-state index contributed by atoms with van der Waals surface area (Å²) >= 11 is 0. The van der Waals surface area contributed by atoms with Crippen LogP contribution in [0.1, 0.15) is 25.3 Å². The average molecular weight is 262 g/mol. The second-order valence-corrected chi connectivity index (χ2v) is 4.10. The fourth-order valence-corrected chi connectivity index (χ4v) is 1.45. The Morgan fingerprint density at radius 2 is 1.53 bits per heavy atom. The Hall–Kier alpha value is -2.30. The SMILES string of the molecule is CC(=O)CC(=O)OC(=O)CC(=O)Cc1ccccc1. The first-order chi connectivity index (χ1) is 8.97. The molecule has 0 saturated heterocycles. The number of carbonyl (C=O) groups is 4. The highest BCUT2D eigenvalue weighted by Gasteiger charge is 2.16. The summed E-state index contributed by atoms with van der Waals surface area (Å²) in [6, 6.07) is 8.94. The zero-order valence-electron chi connectivity index (χ0n) is 10.5. The summed E-state index contributed by atoms with van der Waals surface area (Å²) in [5.74, 6) is -2.59. The molecule has 100 valence electrons. The number of ketones is 2. The van der Waals surface area contributed by atoms with Gasteiger partial charge in [0.2, 0.25) is 0 Å². The first-order valence-corrected chi connectivity index (χ1v) is 5.76. The van der Waals surface area contributed by atoms with Crippen molar-refractivity contribution in [2.45, 2.75) is 26.2 Å². The fourth-order valence-electron chi connectivity index (χ4n) is 1.45. The number of esters is 2. The summed E-state index contributed by atoms with van der Waals surface area (Å²) in [5.41, 5.74) is 0.787. The molecule has 19 heavy (non-hydrogen) atoms. The highest BCUT2D eigenvalue weighted by molar-refractivity contribution is 6.03. The van der Waals surface area contributed by atoms with Gasteiger partial charge in [-0.3, -0.25) is 19.2 Å². The molecule has 1 aromatic carbocycles. The minimum Gasteiger partial charge on any atom is -0.392 e. The van der Waals surface area contributed by atoms with E-state index in [1.165, 1.54) is 6.92 Å². The molecule has 0 atom stereocenters. The molecule has 0 radical (unpaired) electrons. The summed E-state index contributed by atoms with van der Waals surface area (Å²) in [6.07, 6.45) is -0.825. The van der Waals surface area contributed by atoms with E-state index in [-0.39, 0.29) is 12.2 Å². The van der Waals surface area contributed by atoms with E-state index in [0.717, 1.165) is 5.56 Å². The Bertz CT molecular complexity index is 490. The van der Waals surface area contributed by atoms with Crippen LogP contribution in [-0.2, 0) is 30.3 Å². The lowest BCUT2D eigenvalue weighted by Gasteiger charge is -2.02. The van der Waals surface area contributed by atoms with E-state index in [0.29, 0.717) is 0 Å². The van der Waals surface area contributed by atoms with Crippen LogP contribution in [0, 0.1) is 0 Å². The smallest absolute Gasteiger partial charge is 0.320 e. The molecule has 0 aromatic heterocycles. The number of Topliss-reactive ketones (excluding diaryl/α,β-unsaturated/α-hetero) is 2. The van der Waals surface area contributed by atoms with Crippen molar-refractivity contribution in [3.8, 4) is 0 Å². The third-order valence-corrected chi connectivity index (χ3v) is 2.21. The van der Waals surface area contributed by atoms with Gasteiger partial charge in [-0.05, 0) is 12.5 Å². The molecule has 0 aliphatic carbocycles. The molecule has 0 spiro atoms. The molecule has 5 nitrogen and oxygen atoms in total. The van der Waals surface area contributed by atoms with E-state index in [4.69, 9.17) is 0 Å². The van der Waals surface area contributed by atoms with Gasteiger partial charge in [0.1, 0.15) is 24.4 Å². The van der Waals surface area contributed by atoms with Crippen molar-refractivity contribution in [3.63, 3.8) is 0 Å². The van der Waals surface area contributed by atoms with Crippen LogP contribution >= 0.6 is 0 Å². The normalized spacial score (nSPS) is 9.74. The number of ether oxygens (including phenoxy) is 1. The maximum atomic E-state index is 11.5. The van der Waals surface area contributed by atoms with Gasteiger partial charge >= 0.3 is 11.9 Å². The van der Waals surface area contributed by atoms with Crippen LogP contribution in [0.3, 0.4) is 0 Å². The fraction of sp³-hybridized carbons (Fsp3) is 0.286. The second-order valence-electron chi connectivity index (χ2n) is 4.10. The lowest BCUT2D eigenvalue weighted by Crippen LogP contribution is -2.18. The van der Waals surface area contributed by atoms with E-state index in [1.54, 1.807) is 24.3 Å². The maximum Gasteiger partial charge on any atom is 0.320 e. The standard InChI is InChI=1S/C14H14O5/c1-10(15)7-13(17)19-14(18)9-12(16)8-11-5-3-2-4-6-11/h2-6H,7-9H2,1H3. The van der Waals surface area contributed by atoms with Crippen molar-refractivity contribution in [1.82, 2.24) is 0 Å². The first kappa shape index (κ1) is 14.8. The minimum atomic E-state index is -0.926. The van der Waals surface area contributed by atoms with Gasteiger partial charge in [0, 0.05) is 6.42 Å². The van der Waals surface area contributed by atoms with E-state index >= 15 is 0 Å². The van der Waals surface area contributed by atoms with Gasteiger partial charge < -0.3 is 4.74 Å². The Balaban J connectivity index is 2.38. The monoisotopic (exact) mass is 262 g/mol. The number of rotatable bonds is 6. The van der Waals surface area contributed by atoms with Crippen LogP contribution in [0.4, 0.5) is 0 Å². The predicted molar refractivity (Wildman–Crippen MR) is 66.2 cm³/mol. The Kier molecular flexibility index (Phi) is 5.60. The topological polar surface area (TPSA) is 77.5 Å². The predicted octanol–water partition coefficient (Wildman–Crippen LogP) is 1.24. The molecule has 5 heteroatoms. The van der Waals surface area contributed by atoms with E-state index < -0.39 is 30.6 Å². The molecule has 0 bridgehead atoms. The summed E-state index contributed by atoms with van der Waals surface area (Å²) in [4.78, 5) is 44.5. The van der Waals surface area contributed by atoms with Gasteiger partial charge in [-0.25, -0.2) is 0 Å². The van der Waals surface area contributed by atoms with Crippen molar-refractivity contribution in [2.24, 2.45) is 0 Å². The number of benzene rings is 1. The molecule has 1 aromatic rings. The van der Waals surface area contributed by atoms with Crippen molar-refractivity contribution in [3.05, 3.63) is 35.9 Å². The maximum absolute atomic E-state index is 11.5. The number of carbonyl (C=O) groups excluding carboxylic acids is 4. The third-order valence-electron chi connectivity index (χ3n) is 2.21. The number of hydrogen-bond donors (Lipinski definition) is 0. The minimum absolute atomic E-state index is 0.108. The van der Waals surface area contributed by atoms with Crippen molar-refractivity contribution in [1.29, 1.82) is 0 Å². The number of hydrogen-bond acceptors (Lipinski definition) is 5. The van der Waals surface area contributed by atoms with E-state index in [9.17, 15) is 19.2 Å². The van der Waals surface area contributed by atoms with Gasteiger partial charge in [0.25, 0.3) is 0 Å². The van der Waals surface area contributed by atoms with Gasteiger partial charge in [-0.15, -0.1) is 0 Å². The quantitative estimate of drug-likeness (QED) is 0.569. The van der Waals surface area contributed by atoms with Crippen LogP contribution in [-0.4, -0.2) is 23.5 Å². The Morgan fingerprint density at radius 1 is 0.947 bits per heavy atom. The van der Waals surface area contributed by atoms with Crippen LogP contribution in [0.15, 0.2) is 30.3 Å². The summed E-state index contributed by atoms with van der Waals surface area (Å²) < 4.78 is 4.35. The molecule has 0 aliphatic rings.